The van der Waals surface area contributed by atoms with E-state index in [1.807, 2.05) is 6.07 Å². The topological polar surface area (TPSA) is 62.1 Å². The number of ether oxygens (including phenoxy) is 1. The third-order valence-electron chi connectivity index (χ3n) is 1.81. The van der Waals surface area contributed by atoms with Crippen LogP contribution in [-0.2, 0) is 4.79 Å². The van der Waals surface area contributed by atoms with Crippen LogP contribution < -0.4 is 10.1 Å². The van der Waals surface area contributed by atoms with E-state index >= 15 is 0 Å². The van der Waals surface area contributed by atoms with Gasteiger partial charge in [0, 0.05) is 11.0 Å². The zero-order valence-corrected chi connectivity index (χ0v) is 11.2. The number of hydrogen-bond acceptors (Lipinski definition) is 3. The van der Waals surface area contributed by atoms with Crippen molar-refractivity contribution in [2.24, 2.45) is 0 Å². The van der Waals surface area contributed by atoms with Crippen molar-refractivity contribution in [3.8, 4) is 11.8 Å². The summed E-state index contributed by atoms with van der Waals surface area (Å²) in [4.78, 5) is 11.3. The smallest absolute Gasteiger partial charge is 0.257 e. The molecule has 0 aliphatic heterocycles. The fraction of sp³-hybridized carbons (Fsp3) is 0.273. The van der Waals surface area contributed by atoms with Gasteiger partial charge in [0.2, 0.25) is 0 Å². The van der Waals surface area contributed by atoms with Gasteiger partial charge in [0.05, 0.1) is 17.5 Å². The Morgan fingerprint density at radius 1 is 1.59 bits per heavy atom. The minimum absolute atomic E-state index is 0.123. The summed E-state index contributed by atoms with van der Waals surface area (Å²) >= 11 is 9.17. The highest BCUT2D eigenvalue weighted by atomic mass is 79.9. The summed E-state index contributed by atoms with van der Waals surface area (Å²) in [5.74, 6) is 0.160. The molecule has 1 rings (SSSR count). The summed E-state index contributed by atoms with van der Waals surface area (Å²) in [7, 11) is 0. The number of nitrogens with one attached hydrogen (secondary N) is 1. The van der Waals surface area contributed by atoms with Crippen molar-refractivity contribution >= 4 is 33.4 Å². The molecule has 4 nitrogen and oxygen atoms in total. The molecule has 0 atom stereocenters. The molecule has 0 heterocycles. The van der Waals surface area contributed by atoms with Crippen molar-refractivity contribution in [3.05, 3.63) is 27.7 Å². The quantitative estimate of drug-likeness (QED) is 0.849. The number of carbonyl (C=O) groups excluding carboxylic acids is 1. The van der Waals surface area contributed by atoms with Gasteiger partial charge in [-0.1, -0.05) is 27.5 Å². The first-order valence-electron chi connectivity index (χ1n) is 4.85. The summed E-state index contributed by atoms with van der Waals surface area (Å²) in [5, 5.41) is 11.3. The van der Waals surface area contributed by atoms with E-state index in [1.54, 1.807) is 18.2 Å². The third-order valence-corrected chi connectivity index (χ3v) is 2.62. The molecule has 1 aromatic rings. The van der Waals surface area contributed by atoms with Gasteiger partial charge in [-0.05, 0) is 18.2 Å². The maximum atomic E-state index is 11.3. The summed E-state index contributed by atoms with van der Waals surface area (Å²) in [6, 6.07) is 7.07. The number of amides is 1. The lowest BCUT2D eigenvalue weighted by molar-refractivity contribution is -0.123. The Bertz CT molecular complexity index is 446. The molecule has 0 fully saturated rings. The predicted molar refractivity (Wildman–Crippen MR) is 67.9 cm³/mol. The van der Waals surface area contributed by atoms with Gasteiger partial charge in [-0.15, -0.1) is 0 Å². The highest BCUT2D eigenvalue weighted by molar-refractivity contribution is 9.10. The second-order valence-electron chi connectivity index (χ2n) is 3.12. The van der Waals surface area contributed by atoms with Crippen LogP contribution in [-0.4, -0.2) is 19.1 Å². The van der Waals surface area contributed by atoms with Gasteiger partial charge >= 0.3 is 0 Å². The van der Waals surface area contributed by atoms with E-state index in [9.17, 15) is 4.79 Å². The summed E-state index contributed by atoms with van der Waals surface area (Å²) < 4.78 is 6.07. The standard InChI is InChI=1S/C11H10BrClN2O2/c12-8-2-3-9(13)10(6-8)17-7-11(16)15-5-1-4-14/h2-3,6H,1,5,7H2,(H,15,16). The summed E-state index contributed by atoms with van der Waals surface area (Å²) in [5.41, 5.74) is 0. The van der Waals surface area contributed by atoms with Crippen LogP contribution in [0, 0.1) is 11.3 Å². The van der Waals surface area contributed by atoms with E-state index in [4.69, 9.17) is 21.6 Å². The number of hydrogen-bond donors (Lipinski definition) is 1. The Balaban J connectivity index is 2.42. The van der Waals surface area contributed by atoms with E-state index in [0.717, 1.165) is 4.47 Å². The van der Waals surface area contributed by atoms with Crippen molar-refractivity contribution < 1.29 is 9.53 Å². The van der Waals surface area contributed by atoms with Gasteiger partial charge in [-0.3, -0.25) is 4.79 Å². The van der Waals surface area contributed by atoms with Crippen molar-refractivity contribution in [3.63, 3.8) is 0 Å². The van der Waals surface area contributed by atoms with Crippen molar-refractivity contribution in [2.45, 2.75) is 6.42 Å². The van der Waals surface area contributed by atoms with E-state index in [1.165, 1.54) is 0 Å². The Labute approximate surface area is 113 Å². The Morgan fingerprint density at radius 3 is 3.06 bits per heavy atom. The van der Waals surface area contributed by atoms with Crippen molar-refractivity contribution in [2.75, 3.05) is 13.2 Å². The number of carbonyl (C=O) groups is 1. The van der Waals surface area contributed by atoms with Crippen LogP contribution in [0.3, 0.4) is 0 Å². The first-order chi connectivity index (χ1) is 8.13. The Hall–Kier alpha value is -1.25. The second-order valence-corrected chi connectivity index (χ2v) is 4.44. The Kier molecular flexibility index (Phi) is 5.81. The maximum Gasteiger partial charge on any atom is 0.257 e. The molecule has 1 aromatic carbocycles. The molecule has 0 aliphatic rings. The van der Waals surface area contributed by atoms with Crippen molar-refractivity contribution in [1.82, 2.24) is 5.32 Å². The molecule has 17 heavy (non-hydrogen) atoms. The molecule has 0 aromatic heterocycles. The fourth-order valence-corrected chi connectivity index (χ4v) is 1.55. The van der Waals surface area contributed by atoms with E-state index < -0.39 is 0 Å². The number of nitriles is 1. The van der Waals surface area contributed by atoms with Crippen LogP contribution in [0.25, 0.3) is 0 Å². The lowest BCUT2D eigenvalue weighted by atomic mass is 10.3. The maximum absolute atomic E-state index is 11.3. The third kappa shape index (κ3) is 5.07. The van der Waals surface area contributed by atoms with Crippen LogP contribution in [0.2, 0.25) is 5.02 Å². The van der Waals surface area contributed by atoms with Crippen molar-refractivity contribution in [1.29, 1.82) is 5.26 Å². The van der Waals surface area contributed by atoms with Gasteiger partial charge in [0.15, 0.2) is 6.61 Å². The summed E-state index contributed by atoms with van der Waals surface area (Å²) in [6.07, 6.45) is 0.281. The molecule has 90 valence electrons. The molecule has 1 N–H and O–H groups in total. The van der Waals surface area contributed by atoms with Gasteiger partial charge < -0.3 is 10.1 Å². The zero-order valence-electron chi connectivity index (χ0n) is 8.87. The van der Waals surface area contributed by atoms with E-state index in [2.05, 4.69) is 21.2 Å². The molecular weight excluding hydrogens is 307 g/mol. The number of benzene rings is 1. The van der Waals surface area contributed by atoms with E-state index in [0.29, 0.717) is 17.3 Å². The predicted octanol–water partition coefficient (Wildman–Crippen LogP) is 2.51. The SMILES string of the molecule is N#CCCNC(=O)COc1cc(Br)ccc1Cl. The average molecular weight is 318 g/mol. The normalized spacial score (nSPS) is 9.47. The van der Waals surface area contributed by atoms with Gasteiger partial charge in [-0.2, -0.15) is 5.26 Å². The molecule has 0 bridgehead atoms. The minimum atomic E-state index is -0.281. The largest absolute Gasteiger partial charge is 0.482 e. The number of rotatable bonds is 5. The molecule has 0 saturated carbocycles. The highest BCUT2D eigenvalue weighted by Crippen LogP contribution is 2.27. The fourth-order valence-electron chi connectivity index (χ4n) is 1.04. The molecule has 0 radical (unpaired) electrons. The number of halogens is 2. The molecule has 0 aliphatic carbocycles. The Morgan fingerprint density at radius 2 is 2.35 bits per heavy atom. The molecular formula is C11H10BrClN2O2. The molecule has 0 unspecified atom stereocenters. The lowest BCUT2D eigenvalue weighted by Crippen LogP contribution is -2.29. The molecule has 0 saturated heterocycles. The van der Waals surface area contributed by atoms with E-state index in [-0.39, 0.29) is 18.9 Å². The zero-order chi connectivity index (χ0) is 12.7. The lowest BCUT2D eigenvalue weighted by Gasteiger charge is -2.08. The number of nitrogens with zero attached hydrogens (tertiary/aromatic N) is 1. The van der Waals surface area contributed by atoms with Crippen LogP contribution in [0.5, 0.6) is 5.75 Å². The summed E-state index contributed by atoms with van der Waals surface area (Å²) in [6.45, 7) is 0.201. The van der Waals surface area contributed by atoms with Crippen LogP contribution in [0.1, 0.15) is 6.42 Å². The molecule has 6 heteroatoms. The average Bonchev–Trinajstić information content (AvgIpc) is 2.31. The first kappa shape index (κ1) is 13.8. The van der Waals surface area contributed by atoms with Crippen LogP contribution >= 0.6 is 27.5 Å². The van der Waals surface area contributed by atoms with Gasteiger partial charge in [0.1, 0.15) is 5.75 Å². The monoisotopic (exact) mass is 316 g/mol. The molecule has 0 spiro atoms. The first-order valence-corrected chi connectivity index (χ1v) is 6.02. The minimum Gasteiger partial charge on any atom is -0.482 e. The van der Waals surface area contributed by atoms with Crippen LogP contribution in [0.15, 0.2) is 22.7 Å². The highest BCUT2D eigenvalue weighted by Gasteiger charge is 2.05. The van der Waals surface area contributed by atoms with Gasteiger partial charge in [-0.25, -0.2) is 0 Å². The van der Waals surface area contributed by atoms with Crippen LogP contribution in [0.4, 0.5) is 0 Å². The van der Waals surface area contributed by atoms with Gasteiger partial charge in [0.25, 0.3) is 5.91 Å². The molecule has 1 amide bonds. The second kappa shape index (κ2) is 7.15.